The molecule has 0 saturated carbocycles. The zero-order chi connectivity index (χ0) is 22.4. The molecule has 0 fully saturated rings. The van der Waals surface area contributed by atoms with E-state index in [2.05, 4.69) is 0 Å². The van der Waals surface area contributed by atoms with E-state index >= 15 is 0 Å². The van der Waals surface area contributed by atoms with Crippen molar-refractivity contribution in [2.24, 2.45) is 0 Å². The Morgan fingerprint density at radius 1 is 0.710 bits per heavy atom. The number of rotatable bonds is 4. The van der Waals surface area contributed by atoms with E-state index in [1.165, 1.54) is 42.5 Å². The molecule has 3 aromatic rings. The van der Waals surface area contributed by atoms with Crippen LogP contribution in [-0.4, -0.2) is 65.9 Å². The summed E-state index contributed by atoms with van der Waals surface area (Å²) in [7, 11) is 0. The van der Waals surface area contributed by atoms with Gasteiger partial charge in [-0.2, -0.15) is 0 Å². The fraction of sp³-hybridized carbons (Fsp3) is 0. The van der Waals surface area contributed by atoms with Crippen molar-refractivity contribution in [3.8, 4) is 5.75 Å². The van der Waals surface area contributed by atoms with Gasteiger partial charge in [0, 0.05) is 6.08 Å². The second kappa shape index (κ2) is 15.7. The van der Waals surface area contributed by atoms with Gasteiger partial charge in [0.2, 0.25) is 0 Å². The number of aromatic hydroxyl groups is 1. The van der Waals surface area contributed by atoms with Gasteiger partial charge in [0.25, 0.3) is 0 Å². The van der Waals surface area contributed by atoms with Gasteiger partial charge in [-0.25, -0.2) is 4.79 Å². The number of hydrogen-bond acceptors (Lipinski definition) is 6. The summed E-state index contributed by atoms with van der Waals surface area (Å²) in [5, 5.41) is 37.5. The van der Waals surface area contributed by atoms with Crippen molar-refractivity contribution in [1.29, 1.82) is 0 Å². The molecule has 3 rings (SSSR count). The van der Waals surface area contributed by atoms with E-state index in [1.54, 1.807) is 48.5 Å². The number of carboxylic acid groups (broad SMARTS) is 3. The average molecular weight is 446 g/mol. The minimum absolute atomic E-state index is 0. The normalized spacial score (nSPS) is 9.16. The van der Waals surface area contributed by atoms with Gasteiger partial charge < -0.3 is 30.0 Å². The maximum absolute atomic E-state index is 10.1. The number of phenols is 1. The Balaban J connectivity index is 0.000000435. The fourth-order valence-corrected chi connectivity index (χ4v) is 1.94. The van der Waals surface area contributed by atoms with Crippen LogP contribution < -0.4 is 10.2 Å². The number of aliphatic carboxylic acids is 1. The molecule has 0 heterocycles. The Bertz CT molecular complexity index is 938. The fourth-order valence-electron chi connectivity index (χ4n) is 1.94. The van der Waals surface area contributed by atoms with Gasteiger partial charge in [0.15, 0.2) is 0 Å². The minimum Gasteiger partial charge on any atom is -0.545 e. The second-order valence-corrected chi connectivity index (χ2v) is 5.57. The van der Waals surface area contributed by atoms with Gasteiger partial charge in [-0.1, -0.05) is 72.8 Å². The van der Waals surface area contributed by atoms with Gasteiger partial charge in [-0.15, -0.1) is 0 Å². The van der Waals surface area contributed by atoms with Crippen molar-refractivity contribution in [2.45, 2.75) is 0 Å². The number of phenolic OH excluding ortho intramolecular Hbond substituents is 1. The summed E-state index contributed by atoms with van der Waals surface area (Å²) in [6.45, 7) is 0. The standard InChI is InChI=1S/C9H8O3.2C7H6O2.Ca/c10-8-3-1-2-7(6-8)4-5-9(11)12;2*8-7(9)6-4-2-1-3-5-6;/h1-6,10H,(H,11,12);2*1-5H,(H,8,9);/q;;;+2/p-2. The molecule has 3 aromatic carbocycles. The van der Waals surface area contributed by atoms with Crippen molar-refractivity contribution in [2.75, 3.05) is 0 Å². The summed E-state index contributed by atoms with van der Waals surface area (Å²) >= 11 is 0. The zero-order valence-electron chi connectivity index (χ0n) is 16.4. The Kier molecular flexibility index (Phi) is 14.1. The molecule has 154 valence electrons. The monoisotopic (exact) mass is 446 g/mol. The molecular formula is C23H18CaO7. The summed E-state index contributed by atoms with van der Waals surface area (Å²) in [6.07, 6.45) is 2.44. The van der Waals surface area contributed by atoms with E-state index in [0.29, 0.717) is 5.56 Å². The van der Waals surface area contributed by atoms with Crippen LogP contribution in [0.25, 0.3) is 6.08 Å². The molecule has 0 atom stereocenters. The predicted octanol–water partition coefficient (Wildman–Crippen LogP) is 1.21. The van der Waals surface area contributed by atoms with Crippen LogP contribution in [0.5, 0.6) is 5.75 Å². The summed E-state index contributed by atoms with van der Waals surface area (Å²) in [6, 6.07) is 22.5. The summed E-state index contributed by atoms with van der Waals surface area (Å²) in [4.78, 5) is 30.3. The van der Waals surface area contributed by atoms with Crippen LogP contribution in [0.3, 0.4) is 0 Å². The predicted molar refractivity (Wildman–Crippen MR) is 112 cm³/mol. The summed E-state index contributed by atoms with van der Waals surface area (Å²) in [5.74, 6) is -3.13. The Hall–Kier alpha value is -3.13. The van der Waals surface area contributed by atoms with E-state index < -0.39 is 17.9 Å². The maximum atomic E-state index is 10.1. The maximum Gasteiger partial charge on any atom is 2.00 e. The third kappa shape index (κ3) is 12.9. The topological polar surface area (TPSA) is 138 Å². The Labute approximate surface area is 208 Å². The molecule has 0 spiro atoms. The van der Waals surface area contributed by atoms with Gasteiger partial charge in [0.05, 0.1) is 11.9 Å². The van der Waals surface area contributed by atoms with Crippen LogP contribution in [0.1, 0.15) is 26.3 Å². The van der Waals surface area contributed by atoms with Crippen molar-refractivity contribution in [1.82, 2.24) is 0 Å². The van der Waals surface area contributed by atoms with Crippen molar-refractivity contribution in [3.05, 3.63) is 108 Å². The van der Waals surface area contributed by atoms with Crippen LogP contribution in [0.4, 0.5) is 0 Å². The van der Waals surface area contributed by atoms with Crippen LogP contribution in [0.2, 0.25) is 0 Å². The first kappa shape index (κ1) is 27.9. The number of carboxylic acids is 3. The largest absolute Gasteiger partial charge is 2.00 e. The molecule has 0 saturated heterocycles. The minimum atomic E-state index is -1.13. The van der Waals surface area contributed by atoms with Gasteiger partial charge >= 0.3 is 43.7 Å². The number of carbonyl (C=O) groups is 3. The van der Waals surface area contributed by atoms with E-state index in [0.717, 1.165) is 6.08 Å². The van der Waals surface area contributed by atoms with Gasteiger partial charge in [-0.3, -0.25) is 0 Å². The molecule has 0 aromatic heterocycles. The molecule has 0 radical (unpaired) electrons. The van der Waals surface area contributed by atoms with Crippen LogP contribution >= 0.6 is 0 Å². The molecule has 8 heteroatoms. The third-order valence-corrected chi connectivity index (χ3v) is 3.31. The van der Waals surface area contributed by atoms with E-state index in [9.17, 15) is 24.6 Å². The Morgan fingerprint density at radius 2 is 1.16 bits per heavy atom. The molecule has 0 aliphatic carbocycles. The third-order valence-electron chi connectivity index (χ3n) is 3.31. The molecule has 0 unspecified atom stereocenters. The molecule has 0 bridgehead atoms. The SMILES string of the molecule is O=C(O)C=Cc1cccc(O)c1.O=C([O-])c1ccccc1.O=C([O-])c1ccccc1.[Ca+2]. The smallest absolute Gasteiger partial charge is 0.545 e. The number of aromatic carboxylic acids is 2. The molecule has 7 nitrogen and oxygen atoms in total. The number of carbonyl (C=O) groups excluding carboxylic acids is 2. The van der Waals surface area contributed by atoms with E-state index in [-0.39, 0.29) is 54.6 Å². The average Bonchev–Trinajstić information content (AvgIpc) is 2.74. The summed E-state index contributed by atoms with van der Waals surface area (Å²) < 4.78 is 0. The first-order valence-corrected chi connectivity index (χ1v) is 8.52. The van der Waals surface area contributed by atoms with Crippen LogP contribution in [0, 0.1) is 0 Å². The molecular weight excluding hydrogens is 428 g/mol. The molecule has 0 aliphatic heterocycles. The van der Waals surface area contributed by atoms with E-state index in [1.807, 2.05) is 0 Å². The van der Waals surface area contributed by atoms with Crippen molar-refractivity contribution < 1.29 is 34.8 Å². The number of benzene rings is 3. The van der Waals surface area contributed by atoms with Crippen LogP contribution in [0.15, 0.2) is 91.0 Å². The van der Waals surface area contributed by atoms with Gasteiger partial charge in [0.1, 0.15) is 5.75 Å². The first-order chi connectivity index (χ1) is 14.3. The molecule has 2 N–H and O–H groups in total. The van der Waals surface area contributed by atoms with E-state index in [4.69, 9.17) is 10.2 Å². The number of hydrogen-bond donors (Lipinski definition) is 2. The van der Waals surface area contributed by atoms with Gasteiger partial charge in [-0.05, 0) is 34.9 Å². The molecule has 0 aliphatic rings. The second-order valence-electron chi connectivity index (χ2n) is 5.57. The zero-order valence-corrected chi connectivity index (χ0v) is 18.6. The quantitative estimate of drug-likeness (QED) is 0.454. The van der Waals surface area contributed by atoms with Crippen LogP contribution in [-0.2, 0) is 4.79 Å². The Morgan fingerprint density at radius 3 is 1.48 bits per heavy atom. The molecule has 31 heavy (non-hydrogen) atoms. The first-order valence-electron chi connectivity index (χ1n) is 8.52. The molecule has 0 amide bonds. The van der Waals surface area contributed by atoms with Crippen molar-refractivity contribution in [3.63, 3.8) is 0 Å². The van der Waals surface area contributed by atoms with Crippen molar-refractivity contribution >= 4 is 61.7 Å². The summed E-state index contributed by atoms with van der Waals surface area (Å²) in [5.41, 5.74) is 1.10.